The van der Waals surface area contributed by atoms with Gasteiger partial charge in [0, 0.05) is 5.02 Å². The number of carbonyl (C=O) groups excluding carboxylic acids is 1. The molecule has 0 radical (unpaired) electrons. The monoisotopic (exact) mass is 331 g/mol. The molecule has 0 aliphatic rings. The molecule has 0 aliphatic carbocycles. The van der Waals surface area contributed by atoms with E-state index in [-0.39, 0.29) is 5.75 Å². The van der Waals surface area contributed by atoms with Crippen molar-refractivity contribution in [3.05, 3.63) is 34.9 Å². The second-order valence-corrected chi connectivity index (χ2v) is 7.37. The third-order valence-electron chi connectivity index (χ3n) is 2.88. The predicted molar refractivity (Wildman–Crippen MR) is 86.3 cm³/mol. The highest BCUT2D eigenvalue weighted by atomic mass is 35.5. The van der Waals surface area contributed by atoms with Gasteiger partial charge in [-0.25, -0.2) is 8.93 Å². The van der Waals surface area contributed by atoms with Crippen molar-refractivity contribution in [3.63, 3.8) is 0 Å². The van der Waals surface area contributed by atoms with Gasteiger partial charge in [-0.1, -0.05) is 50.6 Å². The topological polar surface area (TPSA) is 55.4 Å². The quantitative estimate of drug-likeness (QED) is 0.815. The van der Waals surface area contributed by atoms with Gasteiger partial charge in [0.05, 0.1) is 23.3 Å². The lowest BCUT2D eigenvalue weighted by molar-refractivity contribution is -0.147. The predicted octanol–water partition coefficient (Wildman–Crippen LogP) is 3.07. The summed E-state index contributed by atoms with van der Waals surface area (Å²) in [5.74, 6) is -0.149. The van der Waals surface area contributed by atoms with Crippen molar-refractivity contribution in [3.8, 4) is 0 Å². The van der Waals surface area contributed by atoms with Crippen LogP contribution in [0.1, 0.15) is 33.3 Å². The number of rotatable bonds is 6. The molecule has 0 spiro atoms. The minimum atomic E-state index is -1.42. The molecule has 1 aromatic carbocycles. The number of hydrogen-bond acceptors (Lipinski definition) is 3. The molecule has 0 saturated carbocycles. The molecular formula is C15H22ClNO3S. The fourth-order valence-corrected chi connectivity index (χ4v) is 3.35. The second kappa shape index (κ2) is 7.92. The van der Waals surface area contributed by atoms with E-state index in [0.29, 0.717) is 11.6 Å². The molecule has 1 aromatic rings. The van der Waals surface area contributed by atoms with E-state index in [4.69, 9.17) is 16.3 Å². The smallest absolute Gasteiger partial charge is 0.324 e. The molecule has 1 N–H and O–H groups in total. The lowest BCUT2D eigenvalue weighted by atomic mass is 9.87. The number of halogens is 1. The van der Waals surface area contributed by atoms with Gasteiger partial charge in [-0.15, -0.1) is 0 Å². The summed E-state index contributed by atoms with van der Waals surface area (Å²) in [4.78, 5) is 12.0. The first-order valence-electron chi connectivity index (χ1n) is 6.80. The Labute approximate surface area is 133 Å². The molecule has 0 saturated heterocycles. The van der Waals surface area contributed by atoms with Crippen LogP contribution in [0.5, 0.6) is 0 Å². The minimum Gasteiger partial charge on any atom is -0.465 e. The van der Waals surface area contributed by atoms with Crippen molar-refractivity contribution >= 4 is 28.6 Å². The molecule has 6 heteroatoms. The van der Waals surface area contributed by atoms with E-state index in [9.17, 15) is 9.00 Å². The van der Waals surface area contributed by atoms with Crippen molar-refractivity contribution in [1.82, 2.24) is 4.72 Å². The van der Waals surface area contributed by atoms with Crippen LogP contribution in [0.25, 0.3) is 0 Å². The zero-order valence-electron chi connectivity index (χ0n) is 12.8. The SMILES string of the molecule is CCOC(=O)C(NS(=O)Cc1ccccc1Cl)C(C)(C)C. The summed E-state index contributed by atoms with van der Waals surface area (Å²) >= 11 is 6.05. The van der Waals surface area contributed by atoms with Crippen molar-refractivity contribution in [1.29, 1.82) is 0 Å². The molecule has 0 fully saturated rings. The first-order valence-corrected chi connectivity index (χ1v) is 8.50. The fraction of sp³-hybridized carbons (Fsp3) is 0.533. The van der Waals surface area contributed by atoms with Gasteiger partial charge < -0.3 is 4.74 Å². The van der Waals surface area contributed by atoms with Crippen molar-refractivity contribution in [2.45, 2.75) is 39.5 Å². The first-order chi connectivity index (χ1) is 9.75. The van der Waals surface area contributed by atoms with Gasteiger partial charge in [-0.2, -0.15) is 0 Å². The number of esters is 1. The maximum absolute atomic E-state index is 12.3. The first kappa shape index (κ1) is 18.1. The molecule has 0 aromatic heterocycles. The Morgan fingerprint density at radius 1 is 1.38 bits per heavy atom. The summed E-state index contributed by atoms with van der Waals surface area (Å²) in [5.41, 5.74) is 0.379. The largest absolute Gasteiger partial charge is 0.465 e. The van der Waals surface area contributed by atoms with Gasteiger partial charge >= 0.3 is 5.97 Å². The maximum Gasteiger partial charge on any atom is 0.324 e. The zero-order valence-corrected chi connectivity index (χ0v) is 14.4. The summed E-state index contributed by atoms with van der Waals surface area (Å²) in [6.45, 7) is 7.74. The van der Waals surface area contributed by atoms with E-state index >= 15 is 0 Å². The molecular weight excluding hydrogens is 310 g/mol. The van der Waals surface area contributed by atoms with Crippen LogP contribution < -0.4 is 4.72 Å². The molecule has 21 heavy (non-hydrogen) atoms. The Bertz CT molecular complexity index is 514. The third-order valence-corrected chi connectivity index (χ3v) is 4.32. The second-order valence-electron chi connectivity index (χ2n) is 5.75. The summed E-state index contributed by atoms with van der Waals surface area (Å²) in [6.07, 6.45) is 0. The average molecular weight is 332 g/mol. The van der Waals surface area contributed by atoms with Gasteiger partial charge in [0.25, 0.3) is 0 Å². The highest BCUT2D eigenvalue weighted by Crippen LogP contribution is 2.22. The van der Waals surface area contributed by atoms with E-state index in [0.717, 1.165) is 5.56 Å². The molecule has 0 amide bonds. The Kier molecular flexibility index (Phi) is 6.84. The van der Waals surface area contributed by atoms with Crippen molar-refractivity contribution in [2.75, 3.05) is 6.61 Å². The van der Waals surface area contributed by atoms with E-state index in [1.807, 2.05) is 39.0 Å². The number of nitrogens with one attached hydrogen (secondary N) is 1. The molecule has 4 nitrogen and oxygen atoms in total. The van der Waals surface area contributed by atoms with Crippen LogP contribution in [0.15, 0.2) is 24.3 Å². The van der Waals surface area contributed by atoms with Crippen LogP contribution in [-0.2, 0) is 26.3 Å². The highest BCUT2D eigenvalue weighted by molar-refractivity contribution is 7.82. The van der Waals surface area contributed by atoms with E-state index < -0.39 is 28.4 Å². The Morgan fingerprint density at radius 3 is 2.52 bits per heavy atom. The number of hydrogen-bond donors (Lipinski definition) is 1. The van der Waals surface area contributed by atoms with Crippen LogP contribution in [0.3, 0.4) is 0 Å². The highest BCUT2D eigenvalue weighted by Gasteiger charge is 2.33. The van der Waals surface area contributed by atoms with Crippen LogP contribution in [0.4, 0.5) is 0 Å². The molecule has 118 valence electrons. The van der Waals surface area contributed by atoms with Crippen LogP contribution in [-0.4, -0.2) is 22.8 Å². The summed E-state index contributed by atoms with van der Waals surface area (Å²) in [6, 6.07) is 6.59. The van der Waals surface area contributed by atoms with Crippen LogP contribution in [0, 0.1) is 5.41 Å². The lowest BCUT2D eigenvalue weighted by Gasteiger charge is -2.29. The molecule has 2 atom stereocenters. The van der Waals surface area contributed by atoms with E-state index in [2.05, 4.69) is 4.72 Å². The van der Waals surface area contributed by atoms with Gasteiger partial charge in [0.2, 0.25) is 0 Å². The van der Waals surface area contributed by atoms with Gasteiger partial charge in [-0.05, 0) is 24.0 Å². The zero-order chi connectivity index (χ0) is 16.0. The fourth-order valence-electron chi connectivity index (χ4n) is 1.73. The van der Waals surface area contributed by atoms with Gasteiger partial charge in [0.15, 0.2) is 0 Å². The average Bonchev–Trinajstić information content (AvgIpc) is 2.37. The number of ether oxygens (including phenoxy) is 1. The Hall–Kier alpha value is -0.910. The summed E-state index contributed by atoms with van der Waals surface area (Å²) < 4.78 is 20.2. The van der Waals surface area contributed by atoms with Gasteiger partial charge in [-0.3, -0.25) is 4.79 Å². The van der Waals surface area contributed by atoms with E-state index in [1.54, 1.807) is 13.0 Å². The standard InChI is InChI=1S/C15H22ClNO3S/c1-5-20-14(18)13(15(2,3)4)17-21(19)10-11-8-6-7-9-12(11)16/h6-9,13,17H,5,10H2,1-4H3. The van der Waals surface area contributed by atoms with Crippen LogP contribution >= 0.6 is 11.6 Å². The number of benzene rings is 1. The normalized spacial score (nSPS) is 14.5. The minimum absolute atomic E-state index is 0.242. The lowest BCUT2D eigenvalue weighted by Crippen LogP contribution is -2.48. The Morgan fingerprint density at radius 2 is 2.00 bits per heavy atom. The molecule has 1 rings (SSSR count). The Balaban J connectivity index is 2.77. The summed E-state index contributed by atoms with van der Waals surface area (Å²) in [5, 5.41) is 0.566. The van der Waals surface area contributed by atoms with Crippen LogP contribution in [0.2, 0.25) is 5.02 Å². The maximum atomic E-state index is 12.3. The van der Waals surface area contributed by atoms with Crippen molar-refractivity contribution in [2.24, 2.45) is 5.41 Å². The molecule has 2 unspecified atom stereocenters. The van der Waals surface area contributed by atoms with Crippen molar-refractivity contribution < 1.29 is 13.7 Å². The third kappa shape index (κ3) is 5.77. The van der Waals surface area contributed by atoms with Gasteiger partial charge in [0.1, 0.15) is 6.04 Å². The molecule has 0 aliphatic heterocycles. The molecule has 0 heterocycles. The van der Waals surface area contributed by atoms with E-state index in [1.165, 1.54) is 0 Å². The molecule has 0 bridgehead atoms. The number of carbonyl (C=O) groups is 1. The summed E-state index contributed by atoms with van der Waals surface area (Å²) in [7, 11) is -1.42.